The molecule has 62 valence electrons. The minimum absolute atomic E-state index is 0.0286. The Labute approximate surface area is 65.9 Å². The lowest BCUT2D eigenvalue weighted by molar-refractivity contribution is 0.269. The number of aliphatic hydroxyl groups excluding tert-OH is 1. The molecule has 0 aliphatic heterocycles. The molecule has 0 amide bonds. The van der Waals surface area contributed by atoms with E-state index in [4.69, 9.17) is 9.66 Å². The first kappa shape index (κ1) is 8.38. The maximum Gasteiger partial charge on any atom is 0.189 e. The van der Waals surface area contributed by atoms with Crippen LogP contribution < -0.4 is 0 Å². The molecular weight excluding hydrogens is 168 g/mol. The van der Waals surface area contributed by atoms with Gasteiger partial charge in [-0.25, -0.2) is 4.21 Å². The second-order valence-corrected chi connectivity index (χ2v) is 2.88. The maximum atomic E-state index is 10.4. The fourth-order valence-corrected chi connectivity index (χ4v) is 1.01. The minimum atomic E-state index is -1.98. The summed E-state index contributed by atoms with van der Waals surface area (Å²) in [6.45, 7) is 0.316. The molecule has 0 aliphatic carbocycles. The van der Waals surface area contributed by atoms with Gasteiger partial charge in [0.25, 0.3) is 0 Å². The lowest BCUT2D eigenvalue weighted by Gasteiger charge is -1.93. The first-order chi connectivity index (χ1) is 5.24. The minimum Gasteiger partial charge on any atom is -0.394 e. The zero-order valence-electron chi connectivity index (χ0n) is 5.67. The molecule has 1 heterocycles. The fraction of sp³-hybridized carbons (Fsp3) is 0.400. The number of hydrogen-bond donors (Lipinski definition) is 2. The quantitative estimate of drug-likeness (QED) is 0.606. The van der Waals surface area contributed by atoms with Crippen molar-refractivity contribution in [3.8, 4) is 0 Å². The third-order valence-corrected chi connectivity index (χ3v) is 1.75. The lowest BCUT2D eigenvalue weighted by Crippen LogP contribution is -2.01. The Morgan fingerprint density at radius 2 is 2.45 bits per heavy atom. The molecule has 5 nitrogen and oxygen atoms in total. The molecule has 2 N–H and O–H groups in total. The fourth-order valence-electron chi connectivity index (χ4n) is 0.660. The van der Waals surface area contributed by atoms with E-state index in [1.165, 1.54) is 17.1 Å². The predicted octanol–water partition coefficient (Wildman–Crippen LogP) is -0.544. The Bertz CT molecular complexity index is 260. The summed E-state index contributed by atoms with van der Waals surface area (Å²) >= 11 is -1.98. The number of aliphatic hydroxyl groups is 1. The van der Waals surface area contributed by atoms with Crippen LogP contribution in [0.4, 0.5) is 0 Å². The topological polar surface area (TPSA) is 75.3 Å². The third-order valence-electron chi connectivity index (χ3n) is 1.14. The summed E-state index contributed by atoms with van der Waals surface area (Å²) < 4.78 is 20.4. The molecule has 11 heavy (non-hydrogen) atoms. The number of hydrogen-bond acceptors (Lipinski definition) is 3. The van der Waals surface area contributed by atoms with Crippen molar-refractivity contribution in [1.82, 2.24) is 9.78 Å². The summed E-state index contributed by atoms with van der Waals surface area (Å²) in [7, 11) is 0. The highest BCUT2D eigenvalue weighted by Crippen LogP contribution is 2.00. The highest BCUT2D eigenvalue weighted by atomic mass is 32.2. The van der Waals surface area contributed by atoms with E-state index in [9.17, 15) is 4.21 Å². The normalized spacial score (nSPS) is 13.3. The summed E-state index contributed by atoms with van der Waals surface area (Å²) in [4.78, 5) is 0.249. The Morgan fingerprint density at radius 3 is 2.91 bits per heavy atom. The van der Waals surface area contributed by atoms with Crippen LogP contribution in [0.3, 0.4) is 0 Å². The van der Waals surface area contributed by atoms with Crippen molar-refractivity contribution in [2.75, 3.05) is 6.61 Å². The Kier molecular flexibility index (Phi) is 2.75. The van der Waals surface area contributed by atoms with Crippen LogP contribution in [0, 0.1) is 0 Å². The zero-order chi connectivity index (χ0) is 8.27. The van der Waals surface area contributed by atoms with Gasteiger partial charge in [0, 0.05) is 6.20 Å². The largest absolute Gasteiger partial charge is 0.394 e. The first-order valence-electron chi connectivity index (χ1n) is 2.98. The van der Waals surface area contributed by atoms with E-state index in [1.54, 1.807) is 0 Å². The summed E-state index contributed by atoms with van der Waals surface area (Å²) in [5.74, 6) is 0. The second kappa shape index (κ2) is 3.61. The van der Waals surface area contributed by atoms with Gasteiger partial charge in [0.1, 0.15) is 4.90 Å². The van der Waals surface area contributed by atoms with Gasteiger partial charge < -0.3 is 9.66 Å². The van der Waals surface area contributed by atoms with Gasteiger partial charge in [0.05, 0.1) is 19.3 Å². The van der Waals surface area contributed by atoms with Gasteiger partial charge in [-0.2, -0.15) is 5.10 Å². The predicted molar refractivity (Wildman–Crippen MR) is 38.4 cm³/mol. The van der Waals surface area contributed by atoms with Gasteiger partial charge in [-0.3, -0.25) is 4.68 Å². The molecule has 1 unspecified atom stereocenters. The molecule has 0 saturated carbocycles. The van der Waals surface area contributed by atoms with Crippen molar-refractivity contribution in [3.63, 3.8) is 0 Å². The Balaban J connectivity index is 2.73. The molecule has 1 aromatic heterocycles. The van der Waals surface area contributed by atoms with Crippen LogP contribution >= 0.6 is 0 Å². The molecule has 0 bridgehead atoms. The smallest absolute Gasteiger partial charge is 0.189 e. The third kappa shape index (κ3) is 2.11. The number of aromatic nitrogens is 2. The lowest BCUT2D eigenvalue weighted by atomic mass is 10.7. The molecule has 6 heteroatoms. The van der Waals surface area contributed by atoms with Crippen molar-refractivity contribution < 1.29 is 13.9 Å². The van der Waals surface area contributed by atoms with Gasteiger partial charge in [-0.1, -0.05) is 0 Å². The van der Waals surface area contributed by atoms with Crippen LogP contribution in [0.15, 0.2) is 17.3 Å². The average Bonchev–Trinajstić information content (AvgIpc) is 2.37. The van der Waals surface area contributed by atoms with Gasteiger partial charge in [0.2, 0.25) is 0 Å². The summed E-state index contributed by atoms with van der Waals surface area (Å²) in [6.07, 6.45) is 2.72. The summed E-state index contributed by atoms with van der Waals surface area (Å²) in [6, 6.07) is 0. The molecule has 0 aromatic carbocycles. The van der Waals surface area contributed by atoms with Crippen molar-refractivity contribution >= 4 is 11.1 Å². The number of rotatable bonds is 3. The molecule has 0 saturated heterocycles. The van der Waals surface area contributed by atoms with Crippen LogP contribution in [0.2, 0.25) is 0 Å². The van der Waals surface area contributed by atoms with E-state index in [1.807, 2.05) is 0 Å². The molecule has 1 aromatic rings. The SMILES string of the molecule is O=S(O)c1cnn(CCO)c1. The van der Waals surface area contributed by atoms with E-state index in [2.05, 4.69) is 5.10 Å². The molecular formula is C5H8N2O3S. The van der Waals surface area contributed by atoms with Gasteiger partial charge in [-0.05, 0) is 0 Å². The maximum absolute atomic E-state index is 10.4. The van der Waals surface area contributed by atoms with E-state index >= 15 is 0 Å². The first-order valence-corrected chi connectivity index (χ1v) is 4.09. The van der Waals surface area contributed by atoms with Crippen LogP contribution in [-0.4, -0.2) is 30.3 Å². The van der Waals surface area contributed by atoms with Crippen LogP contribution in [0.5, 0.6) is 0 Å². The summed E-state index contributed by atoms with van der Waals surface area (Å²) in [5.41, 5.74) is 0. The highest BCUT2D eigenvalue weighted by Gasteiger charge is 2.02. The van der Waals surface area contributed by atoms with E-state index in [-0.39, 0.29) is 11.5 Å². The molecule has 0 spiro atoms. The van der Waals surface area contributed by atoms with Crippen molar-refractivity contribution in [2.24, 2.45) is 0 Å². The Hall–Kier alpha value is -0.720. The van der Waals surface area contributed by atoms with Crippen molar-refractivity contribution in [2.45, 2.75) is 11.4 Å². The Morgan fingerprint density at radius 1 is 1.73 bits per heavy atom. The molecule has 0 radical (unpaired) electrons. The van der Waals surface area contributed by atoms with Crippen LogP contribution in [0.1, 0.15) is 0 Å². The van der Waals surface area contributed by atoms with E-state index in [0.717, 1.165) is 0 Å². The summed E-state index contributed by atoms with van der Waals surface area (Å²) in [5, 5.41) is 12.2. The van der Waals surface area contributed by atoms with Crippen LogP contribution in [0.25, 0.3) is 0 Å². The monoisotopic (exact) mass is 176 g/mol. The van der Waals surface area contributed by atoms with Crippen molar-refractivity contribution in [1.29, 1.82) is 0 Å². The van der Waals surface area contributed by atoms with Gasteiger partial charge >= 0.3 is 0 Å². The molecule has 0 fully saturated rings. The highest BCUT2D eigenvalue weighted by molar-refractivity contribution is 7.79. The average molecular weight is 176 g/mol. The van der Waals surface area contributed by atoms with E-state index in [0.29, 0.717) is 6.54 Å². The van der Waals surface area contributed by atoms with E-state index < -0.39 is 11.1 Å². The van der Waals surface area contributed by atoms with Crippen molar-refractivity contribution in [3.05, 3.63) is 12.4 Å². The molecule has 0 aliphatic rings. The molecule has 1 atom stereocenters. The second-order valence-electron chi connectivity index (χ2n) is 1.91. The van der Waals surface area contributed by atoms with Crippen LogP contribution in [-0.2, 0) is 17.6 Å². The number of nitrogens with zero attached hydrogens (tertiary/aromatic N) is 2. The standard InChI is InChI=1S/C5H8N2O3S/c8-2-1-7-4-5(3-6-7)11(9)10/h3-4,8H,1-2H2,(H,9,10). The zero-order valence-corrected chi connectivity index (χ0v) is 6.49. The van der Waals surface area contributed by atoms with Gasteiger partial charge in [0.15, 0.2) is 11.1 Å². The van der Waals surface area contributed by atoms with Gasteiger partial charge in [-0.15, -0.1) is 0 Å². The molecule has 1 rings (SSSR count).